The number of aliphatic hydroxyl groups is 1. The van der Waals surface area contributed by atoms with Crippen LogP contribution < -0.4 is 4.74 Å². The van der Waals surface area contributed by atoms with Gasteiger partial charge >= 0.3 is 0 Å². The fourth-order valence-electron chi connectivity index (χ4n) is 3.66. The van der Waals surface area contributed by atoms with Gasteiger partial charge in [0.15, 0.2) is 11.5 Å². The average Bonchev–Trinajstić information content (AvgIpc) is 2.77. The van der Waals surface area contributed by atoms with Gasteiger partial charge < -0.3 is 19.8 Å². The van der Waals surface area contributed by atoms with Crippen molar-refractivity contribution < 1.29 is 14.9 Å². The van der Waals surface area contributed by atoms with Crippen LogP contribution in [0.2, 0.25) is 0 Å². The monoisotopic (exact) mass is 275 g/mol. The third-order valence-electron chi connectivity index (χ3n) is 4.80. The SMILES string of the molecule is COc1ccc([C@@]23C=C[C@H](O)C[C@@H]2N(C)CC3)cc1O. The predicted octanol–water partition coefficient (Wildman–Crippen LogP) is 1.66. The summed E-state index contributed by atoms with van der Waals surface area (Å²) in [5.41, 5.74) is 0.978. The van der Waals surface area contributed by atoms with Gasteiger partial charge in [-0.25, -0.2) is 0 Å². The van der Waals surface area contributed by atoms with Gasteiger partial charge in [-0.15, -0.1) is 0 Å². The molecule has 4 heteroatoms. The first-order chi connectivity index (χ1) is 9.56. The van der Waals surface area contributed by atoms with Gasteiger partial charge in [0.2, 0.25) is 0 Å². The summed E-state index contributed by atoms with van der Waals surface area (Å²) in [5.74, 6) is 0.667. The molecule has 1 saturated heterocycles. The quantitative estimate of drug-likeness (QED) is 0.806. The molecule has 0 radical (unpaired) electrons. The van der Waals surface area contributed by atoms with E-state index in [1.165, 1.54) is 0 Å². The van der Waals surface area contributed by atoms with Crippen LogP contribution >= 0.6 is 0 Å². The molecule has 1 aliphatic carbocycles. The van der Waals surface area contributed by atoms with E-state index < -0.39 is 0 Å². The van der Waals surface area contributed by atoms with Crippen LogP contribution in [0.15, 0.2) is 30.4 Å². The number of aliphatic hydroxyl groups excluding tert-OH is 1. The Balaban J connectivity index is 2.06. The van der Waals surface area contributed by atoms with Crippen LogP contribution in [0.4, 0.5) is 0 Å². The van der Waals surface area contributed by atoms with E-state index in [9.17, 15) is 10.2 Å². The second-order valence-corrected chi connectivity index (χ2v) is 5.84. The molecule has 1 aliphatic heterocycles. The summed E-state index contributed by atoms with van der Waals surface area (Å²) in [6.45, 7) is 0.995. The zero-order valence-electron chi connectivity index (χ0n) is 11.9. The van der Waals surface area contributed by atoms with Crippen molar-refractivity contribution in [1.82, 2.24) is 4.90 Å². The molecule has 1 fully saturated rings. The number of fused-ring (bicyclic) bond motifs is 1. The Morgan fingerprint density at radius 2 is 2.20 bits per heavy atom. The lowest BCUT2D eigenvalue weighted by molar-refractivity contribution is 0.137. The number of hydrogen-bond acceptors (Lipinski definition) is 4. The minimum atomic E-state index is -0.375. The van der Waals surface area contributed by atoms with Gasteiger partial charge in [-0.2, -0.15) is 0 Å². The van der Waals surface area contributed by atoms with E-state index in [1.54, 1.807) is 13.2 Å². The zero-order chi connectivity index (χ0) is 14.3. The second kappa shape index (κ2) is 4.79. The normalized spacial score (nSPS) is 33.1. The van der Waals surface area contributed by atoms with E-state index in [2.05, 4.69) is 18.0 Å². The summed E-state index contributed by atoms with van der Waals surface area (Å²) in [6, 6.07) is 5.91. The third kappa shape index (κ3) is 1.91. The smallest absolute Gasteiger partial charge is 0.160 e. The molecule has 0 unspecified atom stereocenters. The molecule has 2 aliphatic rings. The van der Waals surface area contributed by atoms with Gasteiger partial charge in [-0.3, -0.25) is 0 Å². The summed E-state index contributed by atoms with van der Waals surface area (Å²) in [4.78, 5) is 2.30. The van der Waals surface area contributed by atoms with Crippen molar-refractivity contribution in [1.29, 1.82) is 0 Å². The van der Waals surface area contributed by atoms with Crippen molar-refractivity contribution >= 4 is 0 Å². The lowest BCUT2D eigenvalue weighted by Gasteiger charge is -2.39. The minimum absolute atomic E-state index is 0.113. The molecule has 0 aromatic heterocycles. The molecule has 0 amide bonds. The average molecular weight is 275 g/mol. The Bertz CT molecular complexity index is 543. The molecule has 20 heavy (non-hydrogen) atoms. The molecular formula is C16H21NO3. The number of aromatic hydroxyl groups is 1. The number of rotatable bonds is 2. The molecule has 0 saturated carbocycles. The van der Waals surface area contributed by atoms with Crippen LogP contribution in [0, 0.1) is 0 Å². The fraction of sp³-hybridized carbons (Fsp3) is 0.500. The highest BCUT2D eigenvalue weighted by Crippen LogP contribution is 2.46. The topological polar surface area (TPSA) is 52.9 Å². The molecule has 1 aromatic carbocycles. The van der Waals surface area contributed by atoms with Gasteiger partial charge in [0.1, 0.15) is 0 Å². The van der Waals surface area contributed by atoms with E-state index >= 15 is 0 Å². The molecule has 2 N–H and O–H groups in total. The molecule has 0 spiro atoms. The number of nitrogens with zero attached hydrogens (tertiary/aromatic N) is 1. The Morgan fingerprint density at radius 3 is 2.90 bits per heavy atom. The number of phenols is 1. The number of methoxy groups -OCH3 is 1. The van der Waals surface area contributed by atoms with Gasteiger partial charge in [0.05, 0.1) is 13.2 Å². The van der Waals surface area contributed by atoms with Crippen molar-refractivity contribution in [3.8, 4) is 11.5 Å². The van der Waals surface area contributed by atoms with Gasteiger partial charge in [-0.05, 0) is 44.1 Å². The van der Waals surface area contributed by atoms with Crippen molar-refractivity contribution in [3.05, 3.63) is 35.9 Å². The summed E-state index contributed by atoms with van der Waals surface area (Å²) >= 11 is 0. The largest absolute Gasteiger partial charge is 0.504 e. The first-order valence-electron chi connectivity index (χ1n) is 7.02. The fourth-order valence-corrected chi connectivity index (χ4v) is 3.66. The highest BCUT2D eigenvalue weighted by atomic mass is 16.5. The number of ether oxygens (including phenoxy) is 1. The lowest BCUT2D eigenvalue weighted by Crippen LogP contribution is -2.44. The Hall–Kier alpha value is -1.52. The van der Waals surface area contributed by atoms with Crippen LogP contribution in [0.5, 0.6) is 11.5 Å². The van der Waals surface area contributed by atoms with Gasteiger partial charge in [0.25, 0.3) is 0 Å². The Morgan fingerprint density at radius 1 is 1.40 bits per heavy atom. The van der Waals surface area contributed by atoms with Crippen LogP contribution in [-0.2, 0) is 5.41 Å². The minimum Gasteiger partial charge on any atom is -0.504 e. The van der Waals surface area contributed by atoms with Crippen molar-refractivity contribution in [2.75, 3.05) is 20.7 Å². The van der Waals surface area contributed by atoms with Gasteiger partial charge in [0, 0.05) is 11.5 Å². The van der Waals surface area contributed by atoms with Crippen LogP contribution in [0.3, 0.4) is 0 Å². The summed E-state index contributed by atoms with van der Waals surface area (Å²) in [6.07, 6.45) is 5.37. The summed E-state index contributed by atoms with van der Waals surface area (Å²) in [5, 5.41) is 19.9. The first-order valence-corrected chi connectivity index (χ1v) is 7.02. The van der Waals surface area contributed by atoms with E-state index in [4.69, 9.17) is 4.74 Å². The van der Waals surface area contributed by atoms with Crippen molar-refractivity contribution in [3.63, 3.8) is 0 Å². The molecule has 4 nitrogen and oxygen atoms in total. The van der Waals surface area contributed by atoms with E-state index in [1.807, 2.05) is 18.2 Å². The summed E-state index contributed by atoms with van der Waals surface area (Å²) < 4.78 is 5.12. The molecule has 0 bridgehead atoms. The summed E-state index contributed by atoms with van der Waals surface area (Å²) in [7, 11) is 3.65. The van der Waals surface area contributed by atoms with E-state index in [0.29, 0.717) is 5.75 Å². The number of benzene rings is 1. The zero-order valence-corrected chi connectivity index (χ0v) is 11.9. The number of hydrogen-bond donors (Lipinski definition) is 2. The number of phenolic OH excluding ortho intramolecular Hbond substituents is 1. The van der Waals surface area contributed by atoms with Crippen LogP contribution in [0.1, 0.15) is 18.4 Å². The standard InChI is InChI=1S/C16H21NO3/c1-17-8-7-16(6-5-12(18)10-15(16)17)11-3-4-14(20-2)13(19)9-11/h3-6,9,12,15,18-19H,7-8,10H2,1-2H3/t12-,15-,16-/m0/s1. The van der Waals surface area contributed by atoms with E-state index in [-0.39, 0.29) is 23.3 Å². The van der Waals surface area contributed by atoms with Crippen molar-refractivity contribution in [2.24, 2.45) is 0 Å². The molecule has 1 aromatic rings. The molecule has 108 valence electrons. The Labute approximate surface area is 119 Å². The predicted molar refractivity (Wildman–Crippen MR) is 77.1 cm³/mol. The van der Waals surface area contributed by atoms with Crippen LogP contribution in [0.25, 0.3) is 0 Å². The maximum absolute atomic E-state index is 10.0. The highest BCUT2D eigenvalue weighted by molar-refractivity contribution is 5.48. The molecular weight excluding hydrogens is 254 g/mol. The lowest BCUT2D eigenvalue weighted by atomic mass is 9.69. The van der Waals surface area contributed by atoms with Crippen LogP contribution in [-0.4, -0.2) is 48.0 Å². The number of likely N-dealkylation sites (N-methyl/N-ethyl adjacent to an activating group) is 1. The maximum atomic E-state index is 10.0. The second-order valence-electron chi connectivity index (χ2n) is 5.84. The molecule has 3 atom stereocenters. The Kier molecular flexibility index (Phi) is 3.22. The molecule has 3 rings (SSSR count). The molecule has 1 heterocycles. The van der Waals surface area contributed by atoms with Gasteiger partial charge in [-0.1, -0.05) is 18.2 Å². The third-order valence-corrected chi connectivity index (χ3v) is 4.80. The van der Waals surface area contributed by atoms with E-state index in [0.717, 1.165) is 24.9 Å². The number of likely N-dealkylation sites (tertiary alicyclic amines) is 1. The van der Waals surface area contributed by atoms with Crippen molar-refractivity contribution in [2.45, 2.75) is 30.4 Å². The first kappa shape index (κ1) is 13.5. The highest BCUT2D eigenvalue weighted by Gasteiger charge is 2.47. The maximum Gasteiger partial charge on any atom is 0.160 e.